The van der Waals surface area contributed by atoms with Gasteiger partial charge in [0.15, 0.2) is 17.3 Å². The molecule has 6 aromatic carbocycles. The predicted octanol–water partition coefficient (Wildman–Crippen LogP) is 18.1. The van der Waals surface area contributed by atoms with Crippen LogP contribution >= 0.6 is 0 Å². The molecular weight excluding hydrogens is 1290 g/mol. The van der Waals surface area contributed by atoms with Crippen LogP contribution in [0.5, 0.6) is 0 Å². The molecule has 0 radical (unpaired) electrons. The number of carbonyl (C=O) groups is 3. The molecule has 0 N–H and O–H groups in total. The maximum absolute atomic E-state index is 12.4. The molecule has 0 spiro atoms. The summed E-state index contributed by atoms with van der Waals surface area (Å²) in [6, 6.07) is 25.6. The second-order valence-electron chi connectivity index (χ2n) is 15.9. The van der Waals surface area contributed by atoms with Crippen molar-refractivity contribution in [2.75, 3.05) is 0 Å². The third-order valence-corrected chi connectivity index (χ3v) is 10.1. The van der Waals surface area contributed by atoms with Crippen LogP contribution in [0.3, 0.4) is 0 Å². The molecule has 6 rings (SSSR count). The molecule has 0 bridgehead atoms. The van der Waals surface area contributed by atoms with E-state index < -0.39 is 87.8 Å². The average molecular weight is 1320 g/mol. The normalized spacial score (nSPS) is 12.5. The first kappa shape index (κ1) is 68.9. The minimum absolute atomic E-state index is 0. The number of hydrogen-bond donors (Lipinski definition) is 0. The third kappa shape index (κ3) is 24.5. The molecule has 23 heteroatoms. The number of rotatable bonds is 12. The maximum atomic E-state index is 12.4. The van der Waals surface area contributed by atoms with Crippen LogP contribution in [0, 0.1) is 0 Å². The molecule has 0 fully saturated rings. The van der Waals surface area contributed by atoms with Gasteiger partial charge in [-0.2, -0.15) is 79.0 Å². The molecule has 0 amide bonds. The van der Waals surface area contributed by atoms with Crippen LogP contribution in [-0.4, -0.2) is 17.3 Å². The molecule has 428 valence electrons. The van der Waals surface area contributed by atoms with Crippen LogP contribution in [-0.2, 0) is 92.3 Å². The number of allylic oxidation sites excluding steroid dienone is 6. The quantitative estimate of drug-likeness (QED) is 0.0697. The maximum Gasteiger partial charge on any atom is 0.416 e. The van der Waals surface area contributed by atoms with E-state index in [1.165, 1.54) is 109 Å². The summed E-state index contributed by atoms with van der Waals surface area (Å²) in [5, 5.41) is 0. The van der Waals surface area contributed by atoms with E-state index in [1.54, 1.807) is 0 Å². The zero-order valence-electron chi connectivity index (χ0n) is 39.9. The van der Waals surface area contributed by atoms with Crippen molar-refractivity contribution in [2.45, 2.75) is 37.1 Å². The smallest absolute Gasteiger partial charge is 0.290 e. The van der Waals surface area contributed by atoms with Gasteiger partial charge in [0.1, 0.15) is 0 Å². The van der Waals surface area contributed by atoms with Crippen molar-refractivity contribution in [3.63, 3.8) is 0 Å². The first-order chi connectivity index (χ1) is 36.2. The number of ketones is 3. The summed E-state index contributed by atoms with van der Waals surface area (Å²) in [4.78, 5) is 35.1. The minimum Gasteiger partial charge on any atom is -0.290 e. The Balaban J connectivity index is 0.000000405. The first-order valence-electron chi connectivity index (χ1n) is 21.9. The van der Waals surface area contributed by atoms with E-state index >= 15 is 0 Å². The fraction of sp³-hybridized carbons (Fsp3) is 0.105. The van der Waals surface area contributed by atoms with Crippen molar-refractivity contribution in [3.8, 4) is 0 Å². The molecule has 0 saturated carbocycles. The fourth-order valence-corrected chi connectivity index (χ4v) is 5.94. The van der Waals surface area contributed by atoms with Crippen molar-refractivity contribution < 1.29 is 134 Å². The van der Waals surface area contributed by atoms with Crippen molar-refractivity contribution >= 4 is 53.8 Å². The van der Waals surface area contributed by atoms with Crippen LogP contribution in [0.15, 0.2) is 182 Å². The van der Waals surface area contributed by atoms with E-state index in [0.29, 0.717) is 33.4 Å². The summed E-state index contributed by atoms with van der Waals surface area (Å²) < 4.78 is 224. The van der Waals surface area contributed by atoms with E-state index in [9.17, 15) is 93.4 Å². The zero-order valence-corrected chi connectivity index (χ0v) is 43.1. The van der Waals surface area contributed by atoms with Crippen LogP contribution in [0.4, 0.5) is 79.0 Å². The Labute approximate surface area is 471 Å². The summed E-state index contributed by atoms with van der Waals surface area (Å²) in [6.45, 7) is 0. The Morgan fingerprint density at radius 1 is 0.212 bits per heavy atom. The van der Waals surface area contributed by atoms with Crippen molar-refractivity contribution in [2.24, 2.45) is 0 Å². The van der Waals surface area contributed by atoms with Gasteiger partial charge in [-0.25, -0.2) is 0 Å². The third-order valence-electron chi connectivity index (χ3n) is 10.1. The van der Waals surface area contributed by atoms with Gasteiger partial charge in [0.2, 0.25) is 0 Å². The Kier molecular flexibility index (Phi) is 25.7. The fourth-order valence-electron chi connectivity index (χ4n) is 5.94. The van der Waals surface area contributed by atoms with E-state index in [0.717, 1.165) is 109 Å². The second kappa shape index (κ2) is 29.9. The van der Waals surface area contributed by atoms with Crippen LogP contribution in [0.25, 0.3) is 36.5 Å². The number of carbonyl (C=O) groups excluding carboxylic acids is 3. The summed E-state index contributed by atoms with van der Waals surface area (Å²) in [6.07, 6.45) is -11.6. The molecule has 0 unspecified atom stereocenters. The van der Waals surface area contributed by atoms with E-state index in [1.807, 2.05) is 0 Å². The molecule has 0 atom stereocenters. The van der Waals surface area contributed by atoms with Crippen LogP contribution in [0.1, 0.15) is 66.8 Å². The SMILES string of the molecule is O=C(/C=C/c1ccc(C(F)(F)F)cc1)/C=C/c1ccc(C(F)(F)F)cc1.O=C(/C=C/c1ccc(C(F)(F)F)cc1)/C=C/c1ccc(C(F)(F)F)cc1.O=C(/C=C/c1ccc(C(F)(F)F)cc1)/C=C/c1ccc(C(F)(F)F)cc1.[Pd].[Pd]. The van der Waals surface area contributed by atoms with Crippen LogP contribution in [0.2, 0.25) is 0 Å². The molecule has 0 saturated heterocycles. The monoisotopic (exact) mass is 1320 g/mol. The minimum atomic E-state index is -4.43. The van der Waals surface area contributed by atoms with Crippen molar-refractivity contribution in [1.29, 1.82) is 0 Å². The number of hydrogen-bond acceptors (Lipinski definition) is 3. The van der Waals surface area contributed by atoms with Gasteiger partial charge < -0.3 is 0 Å². The van der Waals surface area contributed by atoms with Crippen molar-refractivity contribution in [1.82, 2.24) is 0 Å². The second-order valence-corrected chi connectivity index (χ2v) is 15.9. The Bertz CT molecular complexity index is 2570. The molecule has 3 nitrogen and oxygen atoms in total. The van der Waals surface area contributed by atoms with Gasteiger partial charge in [0.25, 0.3) is 0 Å². The van der Waals surface area contributed by atoms with Gasteiger partial charge in [0, 0.05) is 40.8 Å². The van der Waals surface area contributed by atoms with E-state index in [4.69, 9.17) is 0 Å². The van der Waals surface area contributed by atoms with Gasteiger partial charge >= 0.3 is 37.1 Å². The Morgan fingerprint density at radius 2 is 0.312 bits per heavy atom. The first-order valence-corrected chi connectivity index (χ1v) is 21.9. The predicted molar refractivity (Wildman–Crippen MR) is 258 cm³/mol. The van der Waals surface area contributed by atoms with Crippen LogP contribution < -0.4 is 0 Å². The Hall–Kier alpha value is -7.17. The van der Waals surface area contributed by atoms with Gasteiger partial charge in [0.05, 0.1) is 33.4 Å². The molecule has 0 aliphatic carbocycles. The number of halogens is 18. The van der Waals surface area contributed by atoms with Crippen molar-refractivity contribution in [3.05, 3.63) is 249 Å². The topological polar surface area (TPSA) is 51.2 Å². The summed E-state index contributed by atoms with van der Waals surface area (Å²) in [5.74, 6) is -1.36. The van der Waals surface area contributed by atoms with E-state index in [2.05, 4.69) is 0 Å². The van der Waals surface area contributed by atoms with Gasteiger partial charge in [-0.05, 0) is 143 Å². The summed E-state index contributed by atoms with van der Waals surface area (Å²) in [7, 11) is 0. The van der Waals surface area contributed by atoms with Gasteiger partial charge in [-0.3, -0.25) is 14.4 Å². The largest absolute Gasteiger partial charge is 0.416 e. The molecule has 0 aliphatic heterocycles. The summed E-state index contributed by atoms with van der Waals surface area (Å²) >= 11 is 0. The zero-order chi connectivity index (χ0) is 58.1. The molecule has 0 heterocycles. The molecule has 0 aliphatic rings. The number of alkyl halides is 18. The Morgan fingerprint density at radius 3 is 0.400 bits per heavy atom. The average Bonchev–Trinajstić information content (AvgIpc) is 3.37. The summed E-state index contributed by atoms with van der Waals surface area (Å²) in [5.41, 5.74) is -2.26. The molecule has 6 aromatic rings. The molecule has 0 aromatic heterocycles. The molecular formula is C57H36F18O3Pd2. The van der Waals surface area contributed by atoms with Gasteiger partial charge in [-0.1, -0.05) is 109 Å². The standard InChI is InChI=1S/3C19H12F6O.2Pd/c3*20-18(21,22)15-7-1-13(2-8-15)5-11-17(26)12-6-14-3-9-16(10-4-14)19(23,24)25;;/h3*1-12H;;/b3*11-5+,12-6+;;. The van der Waals surface area contributed by atoms with Gasteiger partial charge in [-0.15, -0.1) is 0 Å². The number of benzene rings is 6. The molecule has 80 heavy (non-hydrogen) atoms. The van der Waals surface area contributed by atoms with E-state index in [-0.39, 0.29) is 40.8 Å².